The van der Waals surface area contributed by atoms with Crippen LogP contribution in [-0.4, -0.2) is 40.4 Å². The minimum atomic E-state index is -0.0294. The maximum absolute atomic E-state index is 12.6. The highest BCUT2D eigenvalue weighted by Crippen LogP contribution is 2.29. The zero-order chi connectivity index (χ0) is 15.1. The molecular weight excluding hydrogens is 362 g/mol. The lowest BCUT2D eigenvalue weighted by Gasteiger charge is -2.47. The molecule has 1 unspecified atom stereocenters. The number of carbonyl (C=O) groups excluding carboxylic acids is 1. The number of hydrogen-bond acceptors (Lipinski definition) is 4. The minimum absolute atomic E-state index is 0.0294. The average molecular weight is 380 g/mol. The molecule has 2 atom stereocenters. The summed E-state index contributed by atoms with van der Waals surface area (Å²) in [5.41, 5.74) is 0.563. The van der Waals surface area contributed by atoms with Crippen molar-refractivity contribution in [2.75, 3.05) is 13.1 Å². The molecule has 116 valence electrons. The highest BCUT2D eigenvalue weighted by molar-refractivity contribution is 9.10. The Labute approximate surface area is 142 Å². The summed E-state index contributed by atoms with van der Waals surface area (Å²) in [7, 11) is 0. The first-order valence-corrected chi connectivity index (χ1v) is 9.39. The monoisotopic (exact) mass is 379 g/mol. The Hall–Kier alpha value is -0.980. The molecule has 0 aliphatic carbocycles. The van der Waals surface area contributed by atoms with Crippen molar-refractivity contribution in [3.05, 3.63) is 28.4 Å². The van der Waals surface area contributed by atoms with Gasteiger partial charge in [-0.25, -0.2) is 0 Å². The fraction of sp³-hybridized carbons (Fsp3) is 0.500. The van der Waals surface area contributed by atoms with Crippen molar-refractivity contribution in [2.45, 2.75) is 37.8 Å². The third kappa shape index (κ3) is 2.57. The quantitative estimate of drug-likeness (QED) is 0.869. The van der Waals surface area contributed by atoms with Crippen molar-refractivity contribution in [3.63, 3.8) is 0 Å². The van der Waals surface area contributed by atoms with Crippen molar-refractivity contribution >= 4 is 43.5 Å². The van der Waals surface area contributed by atoms with Crippen LogP contribution in [0, 0.1) is 0 Å². The van der Waals surface area contributed by atoms with Crippen LogP contribution >= 0.6 is 27.5 Å². The Bertz CT molecular complexity index is 716. The molecule has 4 nitrogen and oxygen atoms in total. The van der Waals surface area contributed by atoms with E-state index in [0.29, 0.717) is 11.7 Å². The molecule has 3 heterocycles. The average Bonchev–Trinajstić information content (AvgIpc) is 2.81. The second-order valence-corrected chi connectivity index (χ2v) is 7.88. The third-order valence-corrected chi connectivity index (χ3v) is 6.09. The lowest BCUT2D eigenvalue weighted by atomic mass is 9.93. The number of hydrogen-bond donors (Lipinski definition) is 1. The fourth-order valence-corrected chi connectivity index (χ4v) is 4.68. The van der Waals surface area contributed by atoms with Gasteiger partial charge in [0.25, 0.3) is 5.91 Å². The Morgan fingerprint density at radius 1 is 1.36 bits per heavy atom. The van der Waals surface area contributed by atoms with Gasteiger partial charge < -0.3 is 5.32 Å². The fourth-order valence-electron chi connectivity index (χ4n) is 3.57. The standard InChI is InChI=1S/C16H18BrN3OS/c17-10-5-6-14-11(8-10)15(19-22-14)16(21)18-12-9-20-7-3-1-2-4-13(12)20/h5-6,8,12-13H,1-4,7,9H2,(H,18,21)/t12-,13?/m1/s1. The molecule has 1 amide bonds. The van der Waals surface area contributed by atoms with Gasteiger partial charge in [0.15, 0.2) is 0 Å². The highest BCUT2D eigenvalue weighted by atomic mass is 79.9. The number of carbonyl (C=O) groups is 1. The summed E-state index contributed by atoms with van der Waals surface area (Å²) in [5.74, 6) is -0.0294. The molecule has 4 rings (SSSR count). The number of halogens is 1. The zero-order valence-corrected chi connectivity index (χ0v) is 14.6. The molecule has 1 aromatic carbocycles. The van der Waals surface area contributed by atoms with Crippen LogP contribution in [0.5, 0.6) is 0 Å². The molecule has 2 saturated heterocycles. The highest BCUT2D eigenvalue weighted by Gasteiger charge is 2.40. The van der Waals surface area contributed by atoms with Gasteiger partial charge in [0.2, 0.25) is 0 Å². The van der Waals surface area contributed by atoms with Gasteiger partial charge in [-0.15, -0.1) is 0 Å². The molecule has 0 radical (unpaired) electrons. The maximum Gasteiger partial charge on any atom is 0.271 e. The van der Waals surface area contributed by atoms with E-state index in [1.165, 1.54) is 43.8 Å². The van der Waals surface area contributed by atoms with E-state index >= 15 is 0 Å². The van der Waals surface area contributed by atoms with Crippen molar-refractivity contribution < 1.29 is 4.79 Å². The second kappa shape index (κ2) is 5.91. The van der Waals surface area contributed by atoms with Crippen LogP contribution < -0.4 is 5.32 Å². The summed E-state index contributed by atoms with van der Waals surface area (Å²) >= 11 is 4.86. The zero-order valence-electron chi connectivity index (χ0n) is 12.2. The van der Waals surface area contributed by atoms with E-state index in [9.17, 15) is 4.79 Å². The third-order valence-electron chi connectivity index (χ3n) is 4.77. The molecular formula is C16H18BrN3OS. The van der Waals surface area contributed by atoms with E-state index in [2.05, 4.69) is 30.5 Å². The molecule has 2 fully saturated rings. The number of rotatable bonds is 2. The number of aromatic nitrogens is 1. The van der Waals surface area contributed by atoms with Gasteiger partial charge in [0, 0.05) is 22.4 Å². The number of fused-ring (bicyclic) bond motifs is 2. The van der Waals surface area contributed by atoms with E-state index in [-0.39, 0.29) is 11.9 Å². The van der Waals surface area contributed by atoms with Gasteiger partial charge >= 0.3 is 0 Å². The van der Waals surface area contributed by atoms with Crippen LogP contribution in [-0.2, 0) is 0 Å². The topological polar surface area (TPSA) is 45.2 Å². The molecule has 2 aromatic rings. The summed E-state index contributed by atoms with van der Waals surface area (Å²) in [4.78, 5) is 15.1. The summed E-state index contributed by atoms with van der Waals surface area (Å²) in [6.07, 6.45) is 5.09. The maximum atomic E-state index is 12.6. The van der Waals surface area contributed by atoms with E-state index in [1.807, 2.05) is 18.2 Å². The Morgan fingerprint density at radius 2 is 2.27 bits per heavy atom. The van der Waals surface area contributed by atoms with Crippen LogP contribution in [0.1, 0.15) is 36.2 Å². The van der Waals surface area contributed by atoms with E-state index in [1.54, 1.807) is 0 Å². The lowest BCUT2D eigenvalue weighted by Crippen LogP contribution is -2.66. The van der Waals surface area contributed by atoms with Crippen molar-refractivity contribution in [1.82, 2.24) is 14.6 Å². The van der Waals surface area contributed by atoms with Gasteiger partial charge in [0.1, 0.15) is 5.69 Å². The first kappa shape index (κ1) is 14.6. The summed E-state index contributed by atoms with van der Waals surface area (Å²) in [6, 6.07) is 6.78. The van der Waals surface area contributed by atoms with Gasteiger partial charge in [-0.2, -0.15) is 4.37 Å². The molecule has 2 aliphatic heterocycles. The smallest absolute Gasteiger partial charge is 0.271 e. The van der Waals surface area contributed by atoms with Gasteiger partial charge in [-0.1, -0.05) is 28.8 Å². The Kier molecular flexibility index (Phi) is 3.92. The molecule has 0 saturated carbocycles. The SMILES string of the molecule is O=C(N[C@@H]1CN2CCCCCC12)c1nsc2ccc(Br)cc12. The Morgan fingerprint density at radius 3 is 3.18 bits per heavy atom. The predicted molar refractivity (Wildman–Crippen MR) is 92.4 cm³/mol. The van der Waals surface area contributed by atoms with E-state index < -0.39 is 0 Å². The predicted octanol–water partition coefficient (Wildman–Crippen LogP) is 3.42. The molecule has 1 aromatic heterocycles. The number of nitrogens with one attached hydrogen (secondary N) is 1. The molecule has 2 aliphatic rings. The second-order valence-electron chi connectivity index (χ2n) is 6.16. The van der Waals surface area contributed by atoms with Gasteiger partial charge in [0.05, 0.1) is 10.7 Å². The van der Waals surface area contributed by atoms with Gasteiger partial charge in [-0.3, -0.25) is 9.69 Å². The molecule has 0 bridgehead atoms. The summed E-state index contributed by atoms with van der Waals surface area (Å²) < 4.78 is 6.40. The first-order valence-electron chi connectivity index (χ1n) is 7.82. The number of amides is 1. The van der Waals surface area contributed by atoms with Crippen molar-refractivity contribution in [2.24, 2.45) is 0 Å². The number of nitrogens with zero attached hydrogens (tertiary/aromatic N) is 2. The van der Waals surface area contributed by atoms with Crippen LogP contribution in [0.3, 0.4) is 0 Å². The van der Waals surface area contributed by atoms with Gasteiger partial charge in [-0.05, 0) is 49.1 Å². The summed E-state index contributed by atoms with van der Waals surface area (Å²) in [6.45, 7) is 2.17. The van der Waals surface area contributed by atoms with E-state index in [4.69, 9.17) is 0 Å². The van der Waals surface area contributed by atoms with Crippen LogP contribution in [0.2, 0.25) is 0 Å². The van der Waals surface area contributed by atoms with Crippen LogP contribution in [0.15, 0.2) is 22.7 Å². The number of benzene rings is 1. The normalized spacial score (nSPS) is 25.3. The van der Waals surface area contributed by atoms with Crippen molar-refractivity contribution in [1.29, 1.82) is 0 Å². The van der Waals surface area contributed by atoms with Crippen LogP contribution in [0.25, 0.3) is 10.1 Å². The molecule has 0 spiro atoms. The van der Waals surface area contributed by atoms with E-state index in [0.717, 1.165) is 21.1 Å². The van der Waals surface area contributed by atoms with Crippen molar-refractivity contribution in [3.8, 4) is 0 Å². The molecule has 1 N–H and O–H groups in total. The largest absolute Gasteiger partial charge is 0.345 e. The van der Waals surface area contributed by atoms with Crippen LogP contribution in [0.4, 0.5) is 0 Å². The molecule has 6 heteroatoms. The Balaban J connectivity index is 1.51. The summed E-state index contributed by atoms with van der Waals surface area (Å²) in [5, 5.41) is 4.14. The molecule has 22 heavy (non-hydrogen) atoms. The first-order chi connectivity index (χ1) is 10.7. The minimum Gasteiger partial charge on any atom is -0.345 e. The lowest BCUT2D eigenvalue weighted by molar-refractivity contribution is 0.0410.